The van der Waals surface area contributed by atoms with Gasteiger partial charge >= 0.3 is 0 Å². The zero-order valence-corrected chi connectivity index (χ0v) is 9.87. The average Bonchev–Trinajstić information content (AvgIpc) is 2.40. The van der Waals surface area contributed by atoms with Gasteiger partial charge in [0, 0.05) is 24.3 Å². The maximum atomic E-state index is 5.57. The second kappa shape index (κ2) is 4.84. The summed E-state index contributed by atoms with van der Waals surface area (Å²) in [7, 11) is 0. The van der Waals surface area contributed by atoms with Crippen LogP contribution in [0.5, 0.6) is 11.5 Å². The molecule has 3 rings (SSSR count). The Morgan fingerprint density at radius 1 is 1.18 bits per heavy atom. The van der Waals surface area contributed by atoms with Gasteiger partial charge in [0.25, 0.3) is 0 Å². The number of rotatable bonds is 2. The van der Waals surface area contributed by atoms with E-state index in [1.54, 1.807) is 0 Å². The summed E-state index contributed by atoms with van der Waals surface area (Å²) in [6.07, 6.45) is 2.46. The van der Waals surface area contributed by atoms with E-state index in [4.69, 9.17) is 9.47 Å². The molecule has 0 radical (unpaired) electrons. The smallest absolute Gasteiger partial charge is 0.163 e. The molecule has 0 aromatic heterocycles. The van der Waals surface area contributed by atoms with Crippen LogP contribution in [-0.2, 0) is 0 Å². The van der Waals surface area contributed by atoms with Crippen molar-refractivity contribution in [1.29, 1.82) is 0 Å². The van der Waals surface area contributed by atoms with Gasteiger partial charge in [-0.05, 0) is 31.5 Å². The Hall–Kier alpha value is -1.42. The number of fused-ring (bicyclic) bond motifs is 1. The summed E-state index contributed by atoms with van der Waals surface area (Å²) in [4.78, 5) is 0. The Bertz CT molecular complexity index is 389. The molecule has 0 amide bonds. The van der Waals surface area contributed by atoms with Crippen molar-refractivity contribution >= 4 is 5.69 Å². The molecule has 0 saturated carbocycles. The van der Waals surface area contributed by atoms with Gasteiger partial charge in [-0.25, -0.2) is 0 Å². The highest BCUT2D eigenvalue weighted by atomic mass is 16.6. The van der Waals surface area contributed by atoms with Gasteiger partial charge in [0.05, 0.1) is 0 Å². The molecule has 2 aliphatic heterocycles. The molecule has 17 heavy (non-hydrogen) atoms. The minimum absolute atomic E-state index is 0.520. The molecular weight excluding hydrogens is 216 g/mol. The monoisotopic (exact) mass is 234 g/mol. The number of anilines is 1. The van der Waals surface area contributed by atoms with E-state index in [2.05, 4.69) is 16.7 Å². The SMILES string of the molecule is c1cc2c(cc1NC1CCCNC1)OCCO2. The maximum absolute atomic E-state index is 5.57. The summed E-state index contributed by atoms with van der Waals surface area (Å²) in [6.45, 7) is 3.46. The van der Waals surface area contributed by atoms with Crippen LogP contribution in [0.25, 0.3) is 0 Å². The van der Waals surface area contributed by atoms with E-state index in [1.165, 1.54) is 12.8 Å². The summed E-state index contributed by atoms with van der Waals surface area (Å²) < 4.78 is 11.1. The van der Waals surface area contributed by atoms with Crippen molar-refractivity contribution in [3.8, 4) is 11.5 Å². The summed E-state index contributed by atoms with van der Waals surface area (Å²) in [5, 5.41) is 6.93. The first kappa shape index (κ1) is 10.7. The van der Waals surface area contributed by atoms with E-state index in [9.17, 15) is 0 Å². The van der Waals surface area contributed by atoms with Crippen molar-refractivity contribution in [1.82, 2.24) is 5.32 Å². The van der Waals surface area contributed by atoms with E-state index in [-0.39, 0.29) is 0 Å². The third-order valence-electron chi connectivity index (χ3n) is 3.21. The highest BCUT2D eigenvalue weighted by Crippen LogP contribution is 2.32. The summed E-state index contributed by atoms with van der Waals surface area (Å²) >= 11 is 0. The van der Waals surface area contributed by atoms with E-state index < -0.39 is 0 Å². The molecule has 2 aliphatic rings. The largest absolute Gasteiger partial charge is 0.486 e. The van der Waals surface area contributed by atoms with Crippen LogP contribution in [-0.4, -0.2) is 32.3 Å². The third kappa shape index (κ3) is 2.47. The second-order valence-corrected chi connectivity index (χ2v) is 4.55. The first-order valence-corrected chi connectivity index (χ1v) is 6.29. The fourth-order valence-electron chi connectivity index (χ4n) is 2.34. The van der Waals surface area contributed by atoms with Crippen LogP contribution in [0.3, 0.4) is 0 Å². The van der Waals surface area contributed by atoms with Crippen molar-refractivity contribution < 1.29 is 9.47 Å². The summed E-state index contributed by atoms with van der Waals surface area (Å²) in [6, 6.07) is 6.59. The van der Waals surface area contributed by atoms with Crippen LogP contribution in [0.1, 0.15) is 12.8 Å². The fraction of sp³-hybridized carbons (Fsp3) is 0.538. The van der Waals surface area contributed by atoms with Crippen LogP contribution in [0.4, 0.5) is 5.69 Å². The van der Waals surface area contributed by atoms with Gasteiger partial charge in [-0.15, -0.1) is 0 Å². The minimum Gasteiger partial charge on any atom is -0.486 e. The molecule has 0 aliphatic carbocycles. The molecule has 2 N–H and O–H groups in total. The van der Waals surface area contributed by atoms with E-state index >= 15 is 0 Å². The molecule has 0 spiro atoms. The fourth-order valence-corrected chi connectivity index (χ4v) is 2.34. The maximum Gasteiger partial charge on any atom is 0.163 e. The molecule has 1 aromatic rings. The van der Waals surface area contributed by atoms with Gasteiger partial charge in [0.15, 0.2) is 11.5 Å². The minimum atomic E-state index is 0.520. The topological polar surface area (TPSA) is 42.5 Å². The molecule has 1 fully saturated rings. The Morgan fingerprint density at radius 3 is 2.88 bits per heavy atom. The Labute approximate surface area is 101 Å². The van der Waals surface area contributed by atoms with Crippen molar-refractivity contribution in [3.05, 3.63) is 18.2 Å². The molecule has 1 atom stereocenters. The quantitative estimate of drug-likeness (QED) is 0.816. The molecule has 92 valence electrons. The van der Waals surface area contributed by atoms with Crippen molar-refractivity contribution in [3.63, 3.8) is 0 Å². The number of nitrogens with one attached hydrogen (secondary N) is 2. The number of piperidine rings is 1. The lowest BCUT2D eigenvalue weighted by molar-refractivity contribution is 0.171. The third-order valence-corrected chi connectivity index (χ3v) is 3.21. The molecule has 4 nitrogen and oxygen atoms in total. The van der Waals surface area contributed by atoms with E-state index in [0.29, 0.717) is 19.3 Å². The van der Waals surface area contributed by atoms with Crippen LogP contribution < -0.4 is 20.1 Å². The van der Waals surface area contributed by atoms with Crippen molar-refractivity contribution in [2.24, 2.45) is 0 Å². The van der Waals surface area contributed by atoms with E-state index in [0.717, 1.165) is 30.3 Å². The van der Waals surface area contributed by atoms with Crippen molar-refractivity contribution in [2.45, 2.75) is 18.9 Å². The second-order valence-electron chi connectivity index (χ2n) is 4.55. The van der Waals surface area contributed by atoms with Gasteiger partial charge in [-0.1, -0.05) is 0 Å². The predicted molar refractivity (Wildman–Crippen MR) is 66.9 cm³/mol. The van der Waals surface area contributed by atoms with Gasteiger partial charge < -0.3 is 20.1 Å². The van der Waals surface area contributed by atoms with Gasteiger partial charge in [-0.3, -0.25) is 0 Å². The summed E-state index contributed by atoms with van der Waals surface area (Å²) in [5.74, 6) is 1.70. The number of ether oxygens (including phenoxy) is 2. The molecule has 0 bridgehead atoms. The van der Waals surface area contributed by atoms with Crippen LogP contribution >= 0.6 is 0 Å². The number of hydrogen-bond acceptors (Lipinski definition) is 4. The van der Waals surface area contributed by atoms with Crippen LogP contribution in [0, 0.1) is 0 Å². The lowest BCUT2D eigenvalue weighted by atomic mass is 10.1. The molecule has 2 heterocycles. The van der Waals surface area contributed by atoms with Crippen molar-refractivity contribution in [2.75, 3.05) is 31.6 Å². The number of hydrogen-bond donors (Lipinski definition) is 2. The zero-order chi connectivity index (χ0) is 11.5. The van der Waals surface area contributed by atoms with E-state index in [1.807, 2.05) is 12.1 Å². The lowest BCUT2D eigenvalue weighted by Gasteiger charge is -2.26. The normalized spacial score (nSPS) is 23.2. The summed E-state index contributed by atoms with van der Waals surface area (Å²) in [5.41, 5.74) is 1.11. The zero-order valence-electron chi connectivity index (χ0n) is 9.87. The molecule has 1 unspecified atom stereocenters. The Kier molecular flexibility index (Phi) is 3.05. The average molecular weight is 234 g/mol. The molecular formula is C13H18N2O2. The lowest BCUT2D eigenvalue weighted by Crippen LogP contribution is -2.38. The predicted octanol–water partition coefficient (Wildman–Crippen LogP) is 1.62. The first-order chi connectivity index (χ1) is 8.42. The Balaban J connectivity index is 1.70. The van der Waals surface area contributed by atoms with Gasteiger partial charge in [-0.2, -0.15) is 0 Å². The highest BCUT2D eigenvalue weighted by molar-refractivity contribution is 5.55. The highest BCUT2D eigenvalue weighted by Gasteiger charge is 2.15. The standard InChI is InChI=1S/C13H18N2O2/c1-2-11(9-14-5-1)15-10-3-4-12-13(8-10)17-7-6-16-12/h3-4,8,11,14-15H,1-2,5-7,9H2. The first-order valence-electron chi connectivity index (χ1n) is 6.29. The molecule has 4 heteroatoms. The molecule has 1 saturated heterocycles. The van der Waals surface area contributed by atoms with Crippen LogP contribution in [0.15, 0.2) is 18.2 Å². The number of benzene rings is 1. The molecule has 1 aromatic carbocycles. The van der Waals surface area contributed by atoms with Crippen LogP contribution in [0.2, 0.25) is 0 Å². The van der Waals surface area contributed by atoms with Gasteiger partial charge in [0.2, 0.25) is 0 Å². The van der Waals surface area contributed by atoms with Gasteiger partial charge in [0.1, 0.15) is 13.2 Å². The Morgan fingerprint density at radius 2 is 2.06 bits per heavy atom.